The average molecular weight is 558 g/mol. The van der Waals surface area contributed by atoms with E-state index in [9.17, 15) is 19.5 Å². The lowest BCUT2D eigenvalue weighted by molar-refractivity contribution is -0.145. The lowest BCUT2D eigenvalue weighted by Gasteiger charge is -2.37. The predicted molar refractivity (Wildman–Crippen MR) is 151 cm³/mol. The van der Waals surface area contributed by atoms with Gasteiger partial charge in [-0.2, -0.15) is 0 Å². The molecule has 8 nitrogen and oxygen atoms in total. The number of benzene rings is 1. The third kappa shape index (κ3) is 5.03. The number of fused-ring (bicyclic) bond motifs is 1. The van der Waals surface area contributed by atoms with Crippen LogP contribution < -0.4 is 4.90 Å². The second-order valence-electron chi connectivity index (χ2n) is 10.7. The van der Waals surface area contributed by atoms with Gasteiger partial charge >= 0.3 is 0 Å². The minimum absolute atomic E-state index is 0.0101. The number of nitrogens with zero attached hydrogens (tertiary/aromatic N) is 3. The molecule has 0 radical (unpaired) electrons. The summed E-state index contributed by atoms with van der Waals surface area (Å²) < 4.78 is 6.60. The number of amides is 3. The Hall–Kier alpha value is -2.68. The zero-order valence-electron chi connectivity index (χ0n) is 23.0. The van der Waals surface area contributed by atoms with Gasteiger partial charge < -0.3 is 24.5 Å². The summed E-state index contributed by atoms with van der Waals surface area (Å²) in [6, 6.07) is 4.54. The molecule has 3 fully saturated rings. The van der Waals surface area contributed by atoms with E-state index in [4.69, 9.17) is 16.3 Å². The molecule has 3 heterocycles. The standard InChI is InChI=1S/C30H40ClN3O5/c1-5-15-32(16-6-2)27(36)23-22-13-14-30(39-22)24(23)28(37)34(18-8-9-19-35)26(30)29(38)33(17-7-3)25-20(4)11-10-12-21(25)31/h5,7,10-12,22-24,26,35H,1,3,6,8-9,13-19H2,2,4H3/t22-,23+,24-,26?,30?/m0/s1. The molecule has 0 aromatic heterocycles. The molecule has 1 spiro atoms. The van der Waals surface area contributed by atoms with E-state index in [0.717, 1.165) is 12.0 Å². The number of aliphatic hydroxyl groups excluding tert-OH is 1. The maximum Gasteiger partial charge on any atom is 0.253 e. The molecule has 1 aromatic carbocycles. The zero-order chi connectivity index (χ0) is 28.3. The number of hydrogen-bond donors (Lipinski definition) is 1. The number of carbonyl (C=O) groups is 3. The Kier molecular flexibility index (Phi) is 9.19. The molecule has 3 saturated heterocycles. The zero-order valence-corrected chi connectivity index (χ0v) is 23.7. The number of halogens is 1. The smallest absolute Gasteiger partial charge is 0.253 e. The number of unbranched alkanes of at least 4 members (excludes halogenated alkanes) is 1. The van der Waals surface area contributed by atoms with E-state index in [1.54, 1.807) is 32.9 Å². The SMILES string of the molecule is C=CCN(CCC)C(=O)[C@@H]1[C@@H]2CCC3(O2)C(C(=O)N(CC=C)c2c(C)cccc2Cl)N(CCCCO)C(=O)[C@H]13. The van der Waals surface area contributed by atoms with Crippen LogP contribution in [0.25, 0.3) is 0 Å². The van der Waals surface area contributed by atoms with Crippen LogP contribution in [0.4, 0.5) is 5.69 Å². The van der Waals surface area contributed by atoms with Crippen LogP contribution in [0.3, 0.4) is 0 Å². The summed E-state index contributed by atoms with van der Waals surface area (Å²) in [5.41, 5.74) is 0.304. The number of likely N-dealkylation sites (tertiary alicyclic amines) is 1. The fraction of sp³-hybridized carbons (Fsp3) is 0.567. The van der Waals surface area contributed by atoms with Gasteiger partial charge in [-0.15, -0.1) is 13.2 Å². The first-order chi connectivity index (χ1) is 18.8. The lowest BCUT2D eigenvalue weighted by atomic mass is 9.70. The Labute approximate surface area is 236 Å². The van der Waals surface area contributed by atoms with Crippen LogP contribution in [-0.2, 0) is 19.1 Å². The Morgan fingerprint density at radius 2 is 1.97 bits per heavy atom. The van der Waals surface area contributed by atoms with Crippen molar-refractivity contribution in [2.75, 3.05) is 37.7 Å². The van der Waals surface area contributed by atoms with Crippen LogP contribution in [0.15, 0.2) is 43.5 Å². The second kappa shape index (κ2) is 12.2. The number of aliphatic hydroxyl groups is 1. The highest BCUT2D eigenvalue weighted by atomic mass is 35.5. The van der Waals surface area contributed by atoms with Crippen LogP contribution in [-0.4, -0.2) is 83.2 Å². The lowest BCUT2D eigenvalue weighted by Crippen LogP contribution is -2.57. The monoisotopic (exact) mass is 557 g/mol. The molecule has 2 unspecified atom stereocenters. The van der Waals surface area contributed by atoms with Gasteiger partial charge in [-0.1, -0.05) is 42.8 Å². The van der Waals surface area contributed by atoms with Crippen molar-refractivity contribution in [3.8, 4) is 0 Å². The van der Waals surface area contributed by atoms with Crippen molar-refractivity contribution < 1.29 is 24.2 Å². The first-order valence-electron chi connectivity index (χ1n) is 13.9. The summed E-state index contributed by atoms with van der Waals surface area (Å²) >= 11 is 6.60. The first-order valence-corrected chi connectivity index (χ1v) is 14.3. The molecule has 3 aliphatic heterocycles. The number of para-hydroxylation sites is 1. The molecule has 4 rings (SSSR count). The Morgan fingerprint density at radius 1 is 1.23 bits per heavy atom. The van der Waals surface area contributed by atoms with E-state index >= 15 is 0 Å². The van der Waals surface area contributed by atoms with Gasteiger partial charge in [0.15, 0.2) is 0 Å². The molecule has 2 bridgehead atoms. The molecule has 9 heteroatoms. The Morgan fingerprint density at radius 3 is 2.62 bits per heavy atom. The molecule has 1 N–H and O–H groups in total. The first kappa shape index (κ1) is 29.3. The summed E-state index contributed by atoms with van der Waals surface area (Å²) in [6.07, 6.45) is 5.85. The van der Waals surface area contributed by atoms with Crippen LogP contribution in [0.2, 0.25) is 5.02 Å². The molecule has 1 aromatic rings. The van der Waals surface area contributed by atoms with E-state index in [0.29, 0.717) is 49.5 Å². The van der Waals surface area contributed by atoms with E-state index in [1.165, 1.54) is 0 Å². The van der Waals surface area contributed by atoms with Gasteiger partial charge in [0.2, 0.25) is 11.8 Å². The molecular formula is C30H40ClN3O5. The summed E-state index contributed by atoms with van der Waals surface area (Å²) in [5.74, 6) is -2.03. The van der Waals surface area contributed by atoms with Crippen LogP contribution >= 0.6 is 11.6 Å². The normalized spacial score (nSPS) is 27.0. The van der Waals surface area contributed by atoms with Gasteiger partial charge in [0.1, 0.15) is 11.6 Å². The van der Waals surface area contributed by atoms with Crippen molar-refractivity contribution in [3.63, 3.8) is 0 Å². The molecule has 3 aliphatic rings. The van der Waals surface area contributed by atoms with Gasteiger partial charge in [-0.05, 0) is 50.7 Å². The largest absolute Gasteiger partial charge is 0.396 e. The summed E-state index contributed by atoms with van der Waals surface area (Å²) in [4.78, 5) is 47.5. The van der Waals surface area contributed by atoms with Gasteiger partial charge in [0.25, 0.3) is 5.91 Å². The highest BCUT2D eigenvalue weighted by molar-refractivity contribution is 6.34. The van der Waals surface area contributed by atoms with Crippen LogP contribution in [0.5, 0.6) is 0 Å². The van der Waals surface area contributed by atoms with Crippen molar-refractivity contribution in [2.24, 2.45) is 11.8 Å². The number of carbonyl (C=O) groups excluding carboxylic acids is 3. The van der Waals surface area contributed by atoms with Gasteiger partial charge in [0, 0.05) is 32.8 Å². The quantitative estimate of drug-likeness (QED) is 0.295. The molecule has 212 valence electrons. The van der Waals surface area contributed by atoms with E-state index in [2.05, 4.69) is 13.2 Å². The third-order valence-corrected chi connectivity index (χ3v) is 8.62. The predicted octanol–water partition coefficient (Wildman–Crippen LogP) is 3.74. The molecule has 39 heavy (non-hydrogen) atoms. The molecule has 0 saturated carbocycles. The van der Waals surface area contributed by atoms with Crippen LogP contribution in [0.1, 0.15) is 44.6 Å². The van der Waals surface area contributed by atoms with E-state index < -0.39 is 29.6 Å². The molecule has 3 amide bonds. The van der Waals surface area contributed by atoms with Gasteiger partial charge in [0.05, 0.1) is 28.6 Å². The minimum atomic E-state index is -1.10. The van der Waals surface area contributed by atoms with E-state index in [1.807, 2.05) is 26.0 Å². The number of hydrogen-bond acceptors (Lipinski definition) is 5. The molecule has 0 aliphatic carbocycles. The van der Waals surface area contributed by atoms with Crippen LogP contribution in [0, 0.1) is 18.8 Å². The van der Waals surface area contributed by atoms with Crippen molar-refractivity contribution in [1.82, 2.24) is 9.80 Å². The fourth-order valence-electron chi connectivity index (χ4n) is 6.81. The number of rotatable bonds is 13. The topological polar surface area (TPSA) is 90.4 Å². The average Bonchev–Trinajstić information content (AvgIpc) is 3.55. The van der Waals surface area contributed by atoms with Gasteiger partial charge in [-0.25, -0.2) is 0 Å². The minimum Gasteiger partial charge on any atom is -0.396 e. The third-order valence-electron chi connectivity index (χ3n) is 8.32. The number of anilines is 1. The highest BCUT2D eigenvalue weighted by Crippen LogP contribution is 2.59. The number of aryl methyl sites for hydroxylation is 1. The molecular weight excluding hydrogens is 518 g/mol. The van der Waals surface area contributed by atoms with Crippen molar-refractivity contribution in [3.05, 3.63) is 54.1 Å². The number of ether oxygens (including phenoxy) is 1. The summed E-state index contributed by atoms with van der Waals surface area (Å²) in [5, 5.41) is 9.83. The van der Waals surface area contributed by atoms with Crippen molar-refractivity contribution in [1.29, 1.82) is 0 Å². The van der Waals surface area contributed by atoms with Crippen molar-refractivity contribution >= 4 is 35.0 Å². The Bertz CT molecular complexity index is 1110. The van der Waals surface area contributed by atoms with E-state index in [-0.39, 0.29) is 37.4 Å². The second-order valence-corrected chi connectivity index (χ2v) is 11.1. The summed E-state index contributed by atoms with van der Waals surface area (Å²) in [6.45, 7) is 13.0. The van der Waals surface area contributed by atoms with Crippen molar-refractivity contribution in [2.45, 2.75) is 63.7 Å². The highest BCUT2D eigenvalue weighted by Gasteiger charge is 2.74. The maximum atomic E-state index is 14.6. The fourth-order valence-corrected chi connectivity index (χ4v) is 7.13. The Balaban J connectivity index is 1.78. The van der Waals surface area contributed by atoms with Gasteiger partial charge in [-0.3, -0.25) is 14.4 Å². The maximum absolute atomic E-state index is 14.6. The molecule has 5 atom stereocenters. The summed E-state index contributed by atoms with van der Waals surface area (Å²) in [7, 11) is 0.